The Balaban J connectivity index is 1.45. The summed E-state index contributed by atoms with van der Waals surface area (Å²) in [6.07, 6.45) is 3.95. The van der Waals surface area contributed by atoms with Crippen molar-refractivity contribution in [2.24, 2.45) is 5.92 Å². The van der Waals surface area contributed by atoms with Gasteiger partial charge in [-0.05, 0) is 36.5 Å². The molecule has 5 nitrogen and oxygen atoms in total. The van der Waals surface area contributed by atoms with Gasteiger partial charge in [0.2, 0.25) is 0 Å². The summed E-state index contributed by atoms with van der Waals surface area (Å²) in [5, 5.41) is 6.36. The third kappa shape index (κ3) is 2.68. The molecule has 1 aromatic rings. The maximum Gasteiger partial charge on any atom is 0.252 e. The molecule has 2 fully saturated rings. The second kappa shape index (κ2) is 5.72. The summed E-state index contributed by atoms with van der Waals surface area (Å²) in [4.78, 5) is 12.8. The van der Waals surface area contributed by atoms with Gasteiger partial charge in [-0.15, -0.1) is 0 Å². The van der Waals surface area contributed by atoms with Gasteiger partial charge in [-0.1, -0.05) is 23.7 Å². The first kappa shape index (κ1) is 15.9. The van der Waals surface area contributed by atoms with Crippen LogP contribution in [0.2, 0.25) is 0 Å². The van der Waals surface area contributed by atoms with Crippen molar-refractivity contribution in [1.82, 2.24) is 16.2 Å². The largest absolute Gasteiger partial charge is 0.326 e. The van der Waals surface area contributed by atoms with E-state index in [-0.39, 0.29) is 11.8 Å². The van der Waals surface area contributed by atoms with E-state index < -0.39 is 11.2 Å². The molecule has 24 heavy (non-hydrogen) atoms. The van der Waals surface area contributed by atoms with E-state index in [1.54, 1.807) is 6.20 Å². The van der Waals surface area contributed by atoms with Crippen LogP contribution in [0.4, 0.5) is 10.1 Å². The fourth-order valence-electron chi connectivity index (χ4n) is 3.37. The van der Waals surface area contributed by atoms with Crippen LogP contribution < -0.4 is 21.5 Å². The van der Waals surface area contributed by atoms with Crippen LogP contribution in [0.5, 0.6) is 0 Å². The first-order valence-electron chi connectivity index (χ1n) is 8.21. The predicted molar refractivity (Wildman–Crippen MR) is 91.1 cm³/mol. The molecule has 4 N–H and O–H groups in total. The minimum atomic E-state index is -1.14. The zero-order chi connectivity index (χ0) is 16.8. The van der Waals surface area contributed by atoms with Gasteiger partial charge in [0.1, 0.15) is 5.67 Å². The maximum absolute atomic E-state index is 14.1. The summed E-state index contributed by atoms with van der Waals surface area (Å²) in [6, 6.07) is 7.33. The van der Waals surface area contributed by atoms with Gasteiger partial charge < -0.3 is 16.1 Å². The Hall–Kier alpha value is -1.63. The Labute approximate surface area is 145 Å². The van der Waals surface area contributed by atoms with Crippen LogP contribution in [0.25, 0.3) is 0 Å². The fraction of sp³-hybridized carbons (Fsp3) is 0.471. The smallest absolute Gasteiger partial charge is 0.252 e. The van der Waals surface area contributed by atoms with Crippen LogP contribution in [-0.4, -0.2) is 30.2 Å². The number of amides is 1. The van der Waals surface area contributed by atoms with Crippen molar-refractivity contribution < 1.29 is 9.18 Å². The van der Waals surface area contributed by atoms with Crippen molar-refractivity contribution in [2.45, 2.75) is 30.5 Å². The molecule has 1 saturated heterocycles. The molecule has 4 rings (SSSR count). The van der Waals surface area contributed by atoms with E-state index in [4.69, 9.17) is 11.6 Å². The molecule has 1 amide bonds. The van der Waals surface area contributed by atoms with Crippen molar-refractivity contribution in [3.05, 3.63) is 41.1 Å². The Morgan fingerprint density at radius 3 is 2.50 bits per heavy atom. The highest BCUT2D eigenvalue weighted by atomic mass is 35.5. The Morgan fingerprint density at radius 2 is 2.00 bits per heavy atom. The molecule has 128 valence electrons. The average Bonchev–Trinajstić information content (AvgIpc) is 3.31. The number of hydrogen-bond acceptors (Lipinski definition) is 4. The number of halogens is 2. The highest BCUT2D eigenvalue weighted by molar-refractivity contribution is 6.34. The minimum absolute atomic E-state index is 0.172. The third-order valence-corrected chi connectivity index (χ3v) is 5.42. The summed E-state index contributed by atoms with van der Waals surface area (Å²) < 4.78 is 14.1. The normalized spacial score (nSPS) is 27.8. The molecule has 2 aliphatic heterocycles. The van der Waals surface area contributed by atoms with Crippen molar-refractivity contribution in [3.8, 4) is 0 Å². The van der Waals surface area contributed by atoms with Crippen LogP contribution in [-0.2, 0) is 11.2 Å². The van der Waals surface area contributed by atoms with Gasteiger partial charge in [0.05, 0.1) is 5.03 Å². The SMILES string of the molecule is O=C(Nc1ccc(CC2(F)CNC2)cc1)C1(C2CC2)NNC=C1Cl. The molecule has 0 aromatic heterocycles. The third-order valence-electron chi connectivity index (χ3n) is 5.01. The highest BCUT2D eigenvalue weighted by Crippen LogP contribution is 2.46. The lowest BCUT2D eigenvalue weighted by Gasteiger charge is -2.35. The number of benzene rings is 1. The molecule has 1 atom stereocenters. The van der Waals surface area contributed by atoms with E-state index in [2.05, 4.69) is 21.5 Å². The monoisotopic (exact) mass is 350 g/mol. The Bertz CT molecular complexity index is 684. The van der Waals surface area contributed by atoms with Crippen LogP contribution in [0.15, 0.2) is 35.5 Å². The average molecular weight is 351 g/mol. The van der Waals surface area contributed by atoms with Crippen LogP contribution >= 0.6 is 11.6 Å². The molecule has 1 unspecified atom stereocenters. The van der Waals surface area contributed by atoms with Gasteiger partial charge in [0, 0.05) is 31.4 Å². The number of hydrazine groups is 1. The van der Waals surface area contributed by atoms with E-state index in [1.807, 2.05) is 24.3 Å². The molecule has 1 saturated carbocycles. The lowest BCUT2D eigenvalue weighted by Crippen LogP contribution is -2.57. The lowest BCUT2D eigenvalue weighted by molar-refractivity contribution is -0.121. The number of carbonyl (C=O) groups excluding carboxylic acids is 1. The molecule has 1 aliphatic carbocycles. The van der Waals surface area contributed by atoms with E-state index >= 15 is 0 Å². The Kier molecular flexibility index (Phi) is 3.78. The second-order valence-corrected chi connectivity index (χ2v) is 7.33. The number of alkyl halides is 1. The topological polar surface area (TPSA) is 65.2 Å². The van der Waals surface area contributed by atoms with E-state index in [0.29, 0.717) is 30.2 Å². The molecular formula is C17H20ClFN4O. The number of carbonyl (C=O) groups is 1. The molecule has 0 spiro atoms. The first-order chi connectivity index (χ1) is 11.5. The first-order valence-corrected chi connectivity index (χ1v) is 8.59. The fourth-order valence-corrected chi connectivity index (χ4v) is 3.72. The van der Waals surface area contributed by atoms with E-state index in [1.165, 1.54) is 0 Å². The van der Waals surface area contributed by atoms with Gasteiger partial charge in [0.15, 0.2) is 5.54 Å². The molecule has 7 heteroatoms. The number of rotatable bonds is 5. The molecular weight excluding hydrogens is 331 g/mol. The van der Waals surface area contributed by atoms with Crippen LogP contribution in [0.3, 0.4) is 0 Å². The summed E-state index contributed by atoms with van der Waals surface area (Å²) in [6.45, 7) is 0.803. The molecule has 0 radical (unpaired) electrons. The van der Waals surface area contributed by atoms with Crippen LogP contribution in [0, 0.1) is 5.92 Å². The quantitative estimate of drug-likeness (QED) is 0.654. The molecule has 2 heterocycles. The van der Waals surface area contributed by atoms with E-state index in [9.17, 15) is 9.18 Å². The number of nitrogens with one attached hydrogen (secondary N) is 4. The highest BCUT2D eigenvalue weighted by Gasteiger charge is 2.55. The van der Waals surface area contributed by atoms with Gasteiger partial charge in [-0.25, -0.2) is 9.82 Å². The van der Waals surface area contributed by atoms with Gasteiger partial charge >= 0.3 is 0 Å². The zero-order valence-corrected chi connectivity index (χ0v) is 13.9. The van der Waals surface area contributed by atoms with Gasteiger partial charge in [-0.3, -0.25) is 4.79 Å². The summed E-state index contributed by atoms with van der Waals surface area (Å²) in [5.74, 6) is 0.0298. The van der Waals surface area contributed by atoms with Crippen molar-refractivity contribution in [3.63, 3.8) is 0 Å². The second-order valence-electron chi connectivity index (χ2n) is 6.93. The van der Waals surface area contributed by atoms with Crippen molar-refractivity contribution >= 4 is 23.2 Å². The molecule has 1 aromatic carbocycles. The lowest BCUT2D eigenvalue weighted by atomic mass is 9.91. The summed E-state index contributed by atoms with van der Waals surface area (Å²) in [5.41, 5.74) is 5.44. The molecule has 0 bridgehead atoms. The minimum Gasteiger partial charge on any atom is -0.326 e. The molecule has 3 aliphatic rings. The van der Waals surface area contributed by atoms with Gasteiger partial charge in [0.25, 0.3) is 5.91 Å². The van der Waals surface area contributed by atoms with Crippen molar-refractivity contribution in [1.29, 1.82) is 0 Å². The summed E-state index contributed by atoms with van der Waals surface area (Å²) >= 11 is 6.28. The predicted octanol–water partition coefficient (Wildman–Crippen LogP) is 1.82. The van der Waals surface area contributed by atoms with Gasteiger partial charge in [-0.2, -0.15) is 0 Å². The van der Waals surface area contributed by atoms with E-state index in [0.717, 1.165) is 18.4 Å². The summed E-state index contributed by atoms with van der Waals surface area (Å²) in [7, 11) is 0. The number of anilines is 1. The maximum atomic E-state index is 14.1. The number of hydrogen-bond donors (Lipinski definition) is 4. The zero-order valence-electron chi connectivity index (χ0n) is 13.2. The Morgan fingerprint density at radius 1 is 1.29 bits per heavy atom. The van der Waals surface area contributed by atoms with Crippen molar-refractivity contribution in [2.75, 3.05) is 18.4 Å². The standard InChI is InChI=1S/C17H20ClFN4O/c18-14-8-21-23-17(14,12-3-4-12)15(24)22-13-5-1-11(2-6-13)7-16(19)9-20-10-16/h1-2,5-6,8,12,20-21,23H,3-4,7,9-10H2,(H,22,24). The van der Waals surface area contributed by atoms with Crippen LogP contribution in [0.1, 0.15) is 18.4 Å².